The minimum Gasteiger partial charge on any atom is -0.468 e. The van der Waals surface area contributed by atoms with Crippen LogP contribution in [-0.4, -0.2) is 87.5 Å². The standard InChI is InChI=1S/C20H25N5O8/c1-25(2,3)10-13(26)23-24-15(20(31)33-5)14(19(30)32-4)16(27)18(29)22-12-9-7-6-8-11(12)17(21)28/h6-9,14H,10H2,1-5H3,(H3-,21,22,23,26,28,29,31)/p+1/t14-/m1/s1. The van der Waals surface area contributed by atoms with Crippen LogP contribution in [0.3, 0.4) is 0 Å². The van der Waals surface area contributed by atoms with E-state index in [1.165, 1.54) is 24.3 Å². The molecule has 178 valence electrons. The number of carbonyl (C=O) groups is 6. The summed E-state index contributed by atoms with van der Waals surface area (Å²) in [6.45, 7) is -0.0564. The van der Waals surface area contributed by atoms with Gasteiger partial charge in [-0.3, -0.25) is 24.0 Å². The SMILES string of the molecule is COC(=O)/C(=N\NC(=O)C[N+](C)(C)C)[C@@H](C(=O)OC)C(=O)C(=O)Nc1ccccc1C(N)=O. The van der Waals surface area contributed by atoms with Crippen LogP contribution in [0.4, 0.5) is 5.69 Å². The van der Waals surface area contributed by atoms with Gasteiger partial charge in [0.05, 0.1) is 46.6 Å². The molecule has 0 bridgehead atoms. The number of quaternary nitrogens is 1. The number of ether oxygens (including phenoxy) is 2. The Morgan fingerprint density at radius 1 is 1.03 bits per heavy atom. The van der Waals surface area contributed by atoms with Gasteiger partial charge in [0.1, 0.15) is 0 Å². The van der Waals surface area contributed by atoms with Gasteiger partial charge in [0, 0.05) is 0 Å². The van der Waals surface area contributed by atoms with Crippen LogP contribution >= 0.6 is 0 Å². The van der Waals surface area contributed by atoms with Crippen molar-refractivity contribution in [1.29, 1.82) is 0 Å². The number of primary amides is 1. The Kier molecular flexibility index (Phi) is 9.36. The first-order valence-corrected chi connectivity index (χ1v) is 9.39. The van der Waals surface area contributed by atoms with Crippen LogP contribution in [0.1, 0.15) is 10.4 Å². The molecule has 0 aliphatic carbocycles. The van der Waals surface area contributed by atoms with Crippen molar-refractivity contribution >= 4 is 46.8 Å². The van der Waals surface area contributed by atoms with Crippen molar-refractivity contribution in [2.45, 2.75) is 0 Å². The number of carbonyl (C=O) groups excluding carboxylic acids is 6. The summed E-state index contributed by atoms with van der Waals surface area (Å²) < 4.78 is 9.30. The third-order valence-electron chi connectivity index (χ3n) is 3.95. The quantitative estimate of drug-likeness (QED) is 0.0926. The first-order chi connectivity index (χ1) is 15.3. The lowest BCUT2D eigenvalue weighted by molar-refractivity contribution is -0.862. The van der Waals surface area contributed by atoms with Crippen LogP contribution in [-0.2, 0) is 33.4 Å². The Morgan fingerprint density at radius 2 is 1.64 bits per heavy atom. The van der Waals surface area contributed by atoms with Crippen LogP contribution in [0.2, 0.25) is 0 Å². The average Bonchev–Trinajstić information content (AvgIpc) is 2.74. The van der Waals surface area contributed by atoms with Crippen LogP contribution in [0, 0.1) is 5.92 Å². The van der Waals surface area contributed by atoms with Crippen molar-refractivity contribution in [3.63, 3.8) is 0 Å². The summed E-state index contributed by atoms with van der Waals surface area (Å²) in [4.78, 5) is 73.6. The van der Waals surface area contributed by atoms with Crippen molar-refractivity contribution in [3.05, 3.63) is 29.8 Å². The van der Waals surface area contributed by atoms with Crippen LogP contribution in [0.15, 0.2) is 29.4 Å². The summed E-state index contributed by atoms with van der Waals surface area (Å²) in [6.07, 6.45) is 0. The van der Waals surface area contributed by atoms with Gasteiger partial charge < -0.3 is 25.0 Å². The lowest BCUT2D eigenvalue weighted by atomic mass is 9.97. The number of benzene rings is 1. The third-order valence-corrected chi connectivity index (χ3v) is 3.95. The largest absolute Gasteiger partial charge is 0.468 e. The van der Waals surface area contributed by atoms with E-state index in [4.69, 9.17) is 5.73 Å². The maximum absolute atomic E-state index is 12.8. The Hall–Kier alpha value is -4.13. The summed E-state index contributed by atoms with van der Waals surface area (Å²) in [5.41, 5.74) is 6.24. The molecule has 0 saturated heterocycles. The molecule has 0 aliphatic heterocycles. The minimum absolute atomic E-state index is 0.0564. The number of nitrogens with one attached hydrogen (secondary N) is 2. The van der Waals surface area contributed by atoms with Crippen LogP contribution < -0.4 is 16.5 Å². The van der Waals surface area contributed by atoms with Crippen molar-refractivity contribution in [2.75, 3.05) is 47.2 Å². The second-order valence-electron chi connectivity index (χ2n) is 7.66. The van der Waals surface area contributed by atoms with E-state index >= 15 is 0 Å². The number of likely N-dealkylation sites (N-methyl/N-ethyl adjacent to an activating group) is 1. The molecule has 0 spiro atoms. The lowest BCUT2D eigenvalue weighted by Gasteiger charge is -2.22. The van der Waals surface area contributed by atoms with Crippen molar-refractivity contribution < 1.29 is 42.7 Å². The Morgan fingerprint density at radius 3 is 2.15 bits per heavy atom. The summed E-state index contributed by atoms with van der Waals surface area (Å²) in [7, 11) is 7.04. The van der Waals surface area contributed by atoms with E-state index in [1.54, 1.807) is 21.1 Å². The predicted molar refractivity (Wildman–Crippen MR) is 115 cm³/mol. The highest BCUT2D eigenvalue weighted by Gasteiger charge is 2.41. The Labute approximate surface area is 189 Å². The molecule has 0 unspecified atom stereocenters. The van der Waals surface area contributed by atoms with E-state index in [2.05, 4.69) is 25.3 Å². The number of Topliss-reactive ketones (excluding diaryl/α,β-unsaturated/α-hetero) is 1. The molecule has 0 saturated carbocycles. The molecule has 13 heteroatoms. The first-order valence-electron chi connectivity index (χ1n) is 9.39. The number of methoxy groups -OCH3 is 2. The molecular weight excluding hydrogens is 438 g/mol. The number of hydrogen-bond acceptors (Lipinski definition) is 9. The second-order valence-corrected chi connectivity index (χ2v) is 7.66. The van der Waals surface area contributed by atoms with Gasteiger partial charge in [-0.1, -0.05) is 12.1 Å². The van der Waals surface area contributed by atoms with E-state index in [-0.39, 0.29) is 22.3 Å². The molecule has 0 fully saturated rings. The van der Waals surface area contributed by atoms with Crippen molar-refractivity contribution in [2.24, 2.45) is 16.8 Å². The molecule has 4 N–H and O–H groups in total. The fourth-order valence-corrected chi connectivity index (χ4v) is 2.50. The van der Waals surface area contributed by atoms with Crippen molar-refractivity contribution in [1.82, 2.24) is 5.43 Å². The highest BCUT2D eigenvalue weighted by atomic mass is 16.5. The highest BCUT2D eigenvalue weighted by Crippen LogP contribution is 2.16. The molecule has 13 nitrogen and oxygen atoms in total. The first kappa shape index (κ1) is 26.9. The molecule has 0 aliphatic rings. The van der Waals surface area contributed by atoms with Gasteiger partial charge in [0.2, 0.25) is 5.78 Å². The summed E-state index contributed by atoms with van der Waals surface area (Å²) in [5.74, 6) is -9.05. The van der Waals surface area contributed by atoms with Gasteiger partial charge in [-0.05, 0) is 12.1 Å². The maximum Gasteiger partial charge on any atom is 0.355 e. The van der Waals surface area contributed by atoms with Crippen molar-refractivity contribution in [3.8, 4) is 0 Å². The molecule has 0 aromatic heterocycles. The number of rotatable bonds is 10. The number of esters is 2. The van der Waals surface area contributed by atoms with E-state index < -0.39 is 47.1 Å². The van der Waals surface area contributed by atoms with Gasteiger partial charge in [0.15, 0.2) is 18.2 Å². The average molecular weight is 464 g/mol. The Balaban J connectivity index is 3.31. The zero-order valence-corrected chi connectivity index (χ0v) is 18.8. The molecule has 0 heterocycles. The normalized spacial score (nSPS) is 12.2. The number of anilines is 1. The zero-order valence-electron chi connectivity index (χ0n) is 18.8. The number of amides is 3. The number of nitrogens with two attached hydrogens (primary N) is 1. The fraction of sp³-hybridized carbons (Fsp3) is 0.350. The summed E-state index contributed by atoms with van der Waals surface area (Å²) in [6, 6.07) is 5.56. The van der Waals surface area contributed by atoms with E-state index in [0.717, 1.165) is 14.2 Å². The van der Waals surface area contributed by atoms with Crippen LogP contribution in [0.5, 0.6) is 0 Å². The summed E-state index contributed by atoms with van der Waals surface area (Å²) in [5, 5.41) is 5.73. The highest BCUT2D eigenvalue weighted by molar-refractivity contribution is 6.55. The molecule has 1 aromatic carbocycles. The fourth-order valence-electron chi connectivity index (χ4n) is 2.50. The van der Waals surface area contributed by atoms with Gasteiger partial charge in [0.25, 0.3) is 17.7 Å². The number of para-hydroxylation sites is 1. The lowest BCUT2D eigenvalue weighted by Crippen LogP contribution is -2.46. The zero-order chi connectivity index (χ0) is 25.3. The number of ketones is 1. The molecule has 33 heavy (non-hydrogen) atoms. The molecule has 3 amide bonds. The van der Waals surface area contributed by atoms with E-state index in [1.807, 2.05) is 0 Å². The second kappa shape index (κ2) is 11.5. The van der Waals surface area contributed by atoms with Gasteiger partial charge in [-0.25, -0.2) is 10.2 Å². The molecule has 1 atom stereocenters. The Bertz CT molecular complexity index is 996. The molecule has 1 aromatic rings. The van der Waals surface area contributed by atoms with E-state index in [0.29, 0.717) is 0 Å². The third kappa shape index (κ3) is 7.81. The van der Waals surface area contributed by atoms with Crippen LogP contribution in [0.25, 0.3) is 0 Å². The molecule has 1 rings (SSSR count). The molecule has 0 radical (unpaired) electrons. The van der Waals surface area contributed by atoms with E-state index in [9.17, 15) is 28.8 Å². The number of nitrogens with zero attached hydrogens (tertiary/aromatic N) is 2. The van der Waals surface area contributed by atoms with Gasteiger partial charge in [-0.2, -0.15) is 5.10 Å². The predicted octanol–water partition coefficient (Wildman–Crippen LogP) is -1.57. The minimum atomic E-state index is -2.16. The topological polar surface area (TPSA) is 183 Å². The number of hydrazone groups is 1. The van der Waals surface area contributed by atoms with Gasteiger partial charge in [-0.15, -0.1) is 0 Å². The summed E-state index contributed by atoms with van der Waals surface area (Å²) >= 11 is 0. The number of hydrogen-bond donors (Lipinski definition) is 3. The maximum atomic E-state index is 12.8. The monoisotopic (exact) mass is 464 g/mol. The van der Waals surface area contributed by atoms with Gasteiger partial charge >= 0.3 is 11.9 Å². The molecular formula is C20H26N5O8+. The smallest absolute Gasteiger partial charge is 0.355 e.